The van der Waals surface area contributed by atoms with Crippen LogP contribution in [0.25, 0.3) is 0 Å². The summed E-state index contributed by atoms with van der Waals surface area (Å²) < 4.78 is 9.83. The van der Waals surface area contributed by atoms with Crippen molar-refractivity contribution in [1.82, 2.24) is 0 Å². The molecule has 5 nitrogen and oxygen atoms in total. The van der Waals surface area contributed by atoms with Crippen molar-refractivity contribution in [2.45, 2.75) is 5.75 Å². The lowest BCUT2D eigenvalue weighted by Gasteiger charge is -2.10. The average Bonchev–Trinajstić information content (AvgIpc) is 2.34. The first-order valence-electron chi connectivity index (χ1n) is 5.01. The van der Waals surface area contributed by atoms with Gasteiger partial charge in [0.1, 0.15) is 5.75 Å². The maximum Gasteiger partial charge on any atom is 0.343 e. The quantitative estimate of drug-likeness (QED) is 0.347. The van der Waals surface area contributed by atoms with Crippen molar-refractivity contribution >= 4 is 34.5 Å². The first-order valence-corrected chi connectivity index (χ1v) is 6.38. The Balaban J connectivity index is 0.00000324. The van der Waals surface area contributed by atoms with E-state index >= 15 is 0 Å². The normalized spacial score (nSPS) is 9.37. The molecule has 0 amide bonds. The van der Waals surface area contributed by atoms with Crippen LogP contribution in [0.2, 0.25) is 5.02 Å². The number of esters is 1. The highest BCUT2D eigenvalue weighted by Gasteiger charge is 2.09. The number of carbonyl (C=O) groups excluding carboxylic acids is 1. The topological polar surface area (TPSA) is 87.1 Å². The zero-order valence-corrected chi connectivity index (χ0v) is 12.5. The second kappa shape index (κ2) is 8.90. The van der Waals surface area contributed by atoms with Gasteiger partial charge in [0, 0.05) is 16.3 Å². The molecule has 0 aromatic heterocycles. The maximum absolute atomic E-state index is 11.0. The number of carbonyl (C=O) groups is 1. The van der Waals surface area contributed by atoms with Gasteiger partial charge in [-0.15, -0.1) is 0 Å². The molecule has 19 heavy (non-hydrogen) atoms. The molecule has 0 atom stereocenters. The van der Waals surface area contributed by atoms with Crippen molar-refractivity contribution in [1.29, 1.82) is 0 Å². The number of hydrogen-bond donors (Lipinski definition) is 2. The predicted molar refractivity (Wildman–Crippen MR) is 71.4 cm³/mol. The number of methoxy groups -OCH3 is 1. The summed E-state index contributed by atoms with van der Waals surface area (Å²) in [5, 5.41) is 6.22. The number of benzene rings is 1. The molecule has 0 spiro atoms. The Morgan fingerprint density at radius 3 is 2.79 bits per heavy atom. The van der Waals surface area contributed by atoms with E-state index in [1.54, 1.807) is 18.2 Å². The van der Waals surface area contributed by atoms with Crippen LogP contribution >= 0.6 is 23.4 Å². The molecule has 8 heteroatoms. The van der Waals surface area contributed by atoms with Crippen molar-refractivity contribution < 1.29 is 32.1 Å². The highest BCUT2D eigenvalue weighted by molar-refractivity contribution is 8.12. The second-order valence-corrected chi connectivity index (χ2v) is 4.79. The van der Waals surface area contributed by atoms with Crippen LogP contribution in [0.1, 0.15) is 5.56 Å². The fourth-order valence-corrected chi connectivity index (χ4v) is 1.90. The zero-order valence-electron chi connectivity index (χ0n) is 10.2. The van der Waals surface area contributed by atoms with E-state index in [1.165, 1.54) is 18.9 Å². The number of thioether (sulfide) groups is 1. The molecule has 106 valence electrons. The van der Waals surface area contributed by atoms with Gasteiger partial charge < -0.3 is 21.9 Å². The predicted octanol–water partition coefficient (Wildman–Crippen LogP) is -2.80. The lowest BCUT2D eigenvalue weighted by Crippen LogP contribution is -3.00. The van der Waals surface area contributed by atoms with E-state index in [4.69, 9.17) is 27.5 Å². The van der Waals surface area contributed by atoms with E-state index in [9.17, 15) is 4.79 Å². The summed E-state index contributed by atoms with van der Waals surface area (Å²) in [7, 11) is 1.30. The third-order valence-corrected chi connectivity index (χ3v) is 3.01. The summed E-state index contributed by atoms with van der Waals surface area (Å²) in [5.41, 5.74) is 6.19. The highest BCUT2D eigenvalue weighted by atomic mass is 35.5. The monoisotopic (exact) mass is 324 g/mol. The van der Waals surface area contributed by atoms with E-state index in [1.807, 2.05) is 0 Å². The number of nitrogens with two attached hydrogens (primary N) is 2. The number of hydrogen-bond acceptors (Lipinski definition) is 4. The minimum Gasteiger partial charge on any atom is -1.00 e. The Hall–Kier alpha value is -1.11. The Labute approximate surface area is 126 Å². The lowest BCUT2D eigenvalue weighted by molar-refractivity contribution is -0.142. The van der Waals surface area contributed by atoms with Gasteiger partial charge in [-0.2, -0.15) is 0 Å². The van der Waals surface area contributed by atoms with Gasteiger partial charge in [-0.05, 0) is 30.0 Å². The molecule has 0 unspecified atom stereocenters. The first-order chi connectivity index (χ1) is 8.52. The molecular formula is C11H14Cl2N2O3S. The molecule has 0 bridgehead atoms. The van der Waals surface area contributed by atoms with Crippen LogP contribution in [0.15, 0.2) is 18.2 Å². The smallest absolute Gasteiger partial charge is 0.343 e. The Bertz CT molecular complexity index is 458. The van der Waals surface area contributed by atoms with Gasteiger partial charge in [-0.1, -0.05) is 11.6 Å². The van der Waals surface area contributed by atoms with Crippen LogP contribution in [0.3, 0.4) is 0 Å². The molecule has 4 N–H and O–H groups in total. The Kier molecular flexibility index (Phi) is 8.38. The highest BCUT2D eigenvalue weighted by Crippen LogP contribution is 2.26. The molecule has 0 aliphatic heterocycles. The minimum atomic E-state index is -0.451. The molecule has 1 rings (SSSR count). The molecule has 0 heterocycles. The summed E-state index contributed by atoms with van der Waals surface area (Å²) in [4.78, 5) is 11.0. The van der Waals surface area contributed by atoms with Gasteiger partial charge in [0.2, 0.25) is 0 Å². The van der Waals surface area contributed by atoms with Gasteiger partial charge >= 0.3 is 5.97 Å². The third kappa shape index (κ3) is 6.56. The van der Waals surface area contributed by atoms with Gasteiger partial charge in [0.25, 0.3) is 5.17 Å². The Morgan fingerprint density at radius 2 is 2.21 bits per heavy atom. The van der Waals surface area contributed by atoms with Crippen LogP contribution in [0, 0.1) is 0 Å². The van der Waals surface area contributed by atoms with Crippen LogP contribution in [-0.4, -0.2) is 24.9 Å². The number of rotatable bonds is 5. The summed E-state index contributed by atoms with van der Waals surface area (Å²) in [5.74, 6) is 0.617. The number of ether oxygens (including phenoxy) is 2. The second-order valence-electron chi connectivity index (χ2n) is 3.31. The van der Waals surface area contributed by atoms with Crippen molar-refractivity contribution in [3.63, 3.8) is 0 Å². The fourth-order valence-electron chi connectivity index (χ4n) is 1.16. The van der Waals surface area contributed by atoms with Gasteiger partial charge in [-0.3, -0.25) is 11.1 Å². The summed E-state index contributed by atoms with van der Waals surface area (Å²) in [6.07, 6.45) is 0. The summed E-state index contributed by atoms with van der Waals surface area (Å²) in [6, 6.07) is 5.11. The van der Waals surface area contributed by atoms with Crippen LogP contribution in [-0.2, 0) is 15.3 Å². The van der Waals surface area contributed by atoms with E-state index in [-0.39, 0.29) is 24.2 Å². The van der Waals surface area contributed by atoms with Gasteiger partial charge in [0.15, 0.2) is 6.61 Å². The molecule has 0 saturated carbocycles. The van der Waals surface area contributed by atoms with Crippen LogP contribution < -0.4 is 28.3 Å². The molecule has 0 fully saturated rings. The number of halogens is 2. The van der Waals surface area contributed by atoms with Crippen molar-refractivity contribution in [2.75, 3.05) is 13.7 Å². The van der Waals surface area contributed by atoms with Gasteiger partial charge in [-0.25, -0.2) is 4.79 Å². The largest absolute Gasteiger partial charge is 1.00 e. The summed E-state index contributed by atoms with van der Waals surface area (Å²) in [6.45, 7) is -0.155. The molecule has 1 aromatic rings. The summed E-state index contributed by atoms with van der Waals surface area (Å²) >= 11 is 7.16. The molecule has 1 aromatic carbocycles. The minimum absolute atomic E-state index is 0. The first kappa shape index (κ1) is 17.9. The zero-order chi connectivity index (χ0) is 13.5. The number of amidine groups is 1. The molecule has 0 radical (unpaired) electrons. The molecule has 0 aliphatic rings. The van der Waals surface area contributed by atoms with Gasteiger partial charge in [0.05, 0.1) is 7.11 Å². The van der Waals surface area contributed by atoms with Crippen molar-refractivity contribution in [2.24, 2.45) is 5.73 Å². The molecular weight excluding hydrogens is 311 g/mol. The van der Waals surface area contributed by atoms with Crippen LogP contribution in [0.4, 0.5) is 0 Å². The van der Waals surface area contributed by atoms with E-state index < -0.39 is 5.97 Å². The average molecular weight is 325 g/mol. The fraction of sp³-hybridized carbons (Fsp3) is 0.273. The van der Waals surface area contributed by atoms with Crippen molar-refractivity contribution in [3.05, 3.63) is 28.8 Å². The third-order valence-electron chi connectivity index (χ3n) is 1.99. The van der Waals surface area contributed by atoms with Crippen LogP contribution in [0.5, 0.6) is 5.75 Å². The maximum atomic E-state index is 11.0. The Morgan fingerprint density at radius 1 is 1.53 bits per heavy atom. The molecule has 0 aliphatic carbocycles. The van der Waals surface area contributed by atoms with E-state index in [0.29, 0.717) is 16.5 Å². The SMILES string of the molecule is COC(=O)COc1ccc(Cl)cc1CSC(N)=[NH2+].[Cl-]. The standard InChI is InChI=1S/C11H13ClN2O3S.ClH/c1-16-10(15)5-17-9-3-2-8(12)4-7(9)6-18-11(13)14;/h2-4H,5-6H2,1H3,(H3,13,14);1H. The van der Waals surface area contributed by atoms with E-state index in [2.05, 4.69) is 4.74 Å². The van der Waals surface area contributed by atoms with Crippen molar-refractivity contribution in [3.8, 4) is 5.75 Å². The lowest BCUT2D eigenvalue weighted by atomic mass is 10.2. The molecule has 0 saturated heterocycles. The van der Waals surface area contributed by atoms with E-state index in [0.717, 1.165) is 5.56 Å².